The van der Waals surface area contributed by atoms with Crippen LogP contribution in [0.3, 0.4) is 0 Å². The Balaban J connectivity index is 2.82. The highest BCUT2D eigenvalue weighted by Gasteiger charge is 2.33. The molecule has 0 bridgehead atoms. The summed E-state index contributed by atoms with van der Waals surface area (Å²) in [6.45, 7) is 1.66. The maximum Gasteiger partial charge on any atom is 0.573 e. The Hall–Kier alpha value is -1.24. The van der Waals surface area contributed by atoms with E-state index in [1.54, 1.807) is 6.92 Å². The fraction of sp³-hybridized carbons (Fsp3) is 0.375. The van der Waals surface area contributed by atoms with Gasteiger partial charge in [-0.2, -0.15) is 0 Å². The molecule has 0 spiro atoms. The van der Waals surface area contributed by atoms with Gasteiger partial charge < -0.3 is 9.47 Å². The van der Waals surface area contributed by atoms with Crippen molar-refractivity contribution in [3.8, 4) is 5.75 Å². The van der Waals surface area contributed by atoms with Crippen molar-refractivity contribution >= 4 is 17.3 Å². The fourth-order valence-electron chi connectivity index (χ4n) is 0.848. The quantitative estimate of drug-likeness (QED) is 0.762. The molecule has 15 heavy (non-hydrogen) atoms. The molecular formula is C8H7F3O3S. The number of carbonyl (C=O) groups excluding carboxylic acids is 1. The third kappa shape index (κ3) is 3.43. The summed E-state index contributed by atoms with van der Waals surface area (Å²) < 4.78 is 43.9. The molecule has 0 unspecified atom stereocenters. The molecule has 0 saturated carbocycles. The predicted octanol–water partition coefficient (Wildman–Crippen LogP) is 2.82. The van der Waals surface area contributed by atoms with Crippen LogP contribution in [0, 0.1) is 0 Å². The minimum atomic E-state index is -4.80. The first kappa shape index (κ1) is 11.8. The smallest absolute Gasteiger partial charge is 0.462 e. The summed E-state index contributed by atoms with van der Waals surface area (Å²) >= 11 is 0.839. The number of esters is 1. The Bertz CT molecular complexity index is 345. The third-order valence-corrected chi connectivity index (χ3v) is 2.19. The summed E-state index contributed by atoms with van der Waals surface area (Å²) in [5, 5.41) is 1.33. The van der Waals surface area contributed by atoms with E-state index < -0.39 is 18.1 Å². The first-order valence-corrected chi connectivity index (χ1v) is 4.82. The molecule has 1 aromatic heterocycles. The standard InChI is InChI=1S/C8H7F3O3S/c1-2-13-7(12)6-5(3-4-15-6)14-8(9,10)11/h3-4H,2H2,1H3. The van der Waals surface area contributed by atoms with Gasteiger partial charge in [0.15, 0.2) is 10.6 Å². The highest BCUT2D eigenvalue weighted by atomic mass is 32.1. The lowest BCUT2D eigenvalue weighted by atomic mass is 10.4. The number of carbonyl (C=O) groups is 1. The molecule has 0 atom stereocenters. The van der Waals surface area contributed by atoms with Gasteiger partial charge in [0.25, 0.3) is 0 Å². The molecule has 0 radical (unpaired) electrons. The van der Waals surface area contributed by atoms with E-state index in [0.717, 1.165) is 17.4 Å². The number of hydrogen-bond donors (Lipinski definition) is 0. The second-order valence-corrected chi connectivity index (χ2v) is 3.30. The SMILES string of the molecule is CCOC(=O)c1sccc1OC(F)(F)F. The van der Waals surface area contributed by atoms with Crippen molar-refractivity contribution in [3.05, 3.63) is 16.3 Å². The molecule has 0 fully saturated rings. The number of ether oxygens (including phenoxy) is 2. The Labute approximate surface area is 87.4 Å². The highest BCUT2D eigenvalue weighted by Crippen LogP contribution is 2.30. The molecule has 3 nitrogen and oxygen atoms in total. The van der Waals surface area contributed by atoms with Gasteiger partial charge in [0.1, 0.15) is 0 Å². The first-order valence-electron chi connectivity index (χ1n) is 3.94. The van der Waals surface area contributed by atoms with Gasteiger partial charge in [-0.05, 0) is 18.4 Å². The lowest BCUT2D eigenvalue weighted by Gasteiger charge is -2.08. The number of hydrogen-bond acceptors (Lipinski definition) is 4. The van der Waals surface area contributed by atoms with Crippen molar-refractivity contribution < 1.29 is 27.4 Å². The molecule has 7 heteroatoms. The van der Waals surface area contributed by atoms with E-state index >= 15 is 0 Å². The first-order chi connectivity index (χ1) is 6.94. The largest absolute Gasteiger partial charge is 0.573 e. The molecule has 0 aliphatic rings. The van der Waals surface area contributed by atoms with Crippen LogP contribution in [0.2, 0.25) is 0 Å². The van der Waals surface area contributed by atoms with Crippen LogP contribution in [0.4, 0.5) is 13.2 Å². The topological polar surface area (TPSA) is 35.5 Å². The average molecular weight is 240 g/mol. The van der Waals surface area contributed by atoms with E-state index in [2.05, 4.69) is 9.47 Å². The molecule has 84 valence electrons. The highest BCUT2D eigenvalue weighted by molar-refractivity contribution is 7.12. The monoisotopic (exact) mass is 240 g/mol. The van der Waals surface area contributed by atoms with E-state index in [1.165, 1.54) is 5.38 Å². The van der Waals surface area contributed by atoms with Gasteiger partial charge in [0, 0.05) is 0 Å². The zero-order chi connectivity index (χ0) is 11.5. The van der Waals surface area contributed by atoms with Crippen molar-refractivity contribution in [1.29, 1.82) is 0 Å². The lowest BCUT2D eigenvalue weighted by Crippen LogP contribution is -2.18. The molecule has 1 rings (SSSR count). The average Bonchev–Trinajstić information content (AvgIpc) is 2.49. The Morgan fingerprint density at radius 2 is 2.20 bits per heavy atom. The number of thiophene rings is 1. The molecule has 0 saturated heterocycles. The second kappa shape index (κ2) is 4.52. The lowest BCUT2D eigenvalue weighted by molar-refractivity contribution is -0.274. The molecule has 0 aliphatic carbocycles. The zero-order valence-corrected chi connectivity index (χ0v) is 8.45. The van der Waals surface area contributed by atoms with E-state index in [1.807, 2.05) is 0 Å². The van der Waals surface area contributed by atoms with Gasteiger partial charge in [-0.25, -0.2) is 4.79 Å². The predicted molar refractivity (Wildman–Crippen MR) is 47.0 cm³/mol. The van der Waals surface area contributed by atoms with Crippen LogP contribution in [-0.4, -0.2) is 18.9 Å². The van der Waals surface area contributed by atoms with Crippen molar-refractivity contribution in [3.63, 3.8) is 0 Å². The van der Waals surface area contributed by atoms with Gasteiger partial charge in [-0.15, -0.1) is 24.5 Å². The van der Waals surface area contributed by atoms with E-state index in [0.29, 0.717) is 0 Å². The van der Waals surface area contributed by atoms with Crippen molar-refractivity contribution in [2.24, 2.45) is 0 Å². The van der Waals surface area contributed by atoms with Crippen LogP contribution in [0.15, 0.2) is 11.4 Å². The molecule has 0 aromatic carbocycles. The van der Waals surface area contributed by atoms with Crippen molar-refractivity contribution in [2.75, 3.05) is 6.61 Å². The van der Waals surface area contributed by atoms with Crippen molar-refractivity contribution in [2.45, 2.75) is 13.3 Å². The number of alkyl halides is 3. The fourth-order valence-corrected chi connectivity index (χ4v) is 1.56. The van der Waals surface area contributed by atoms with E-state index in [9.17, 15) is 18.0 Å². The molecule has 1 heterocycles. The van der Waals surface area contributed by atoms with Gasteiger partial charge in [-0.3, -0.25) is 0 Å². The minimum Gasteiger partial charge on any atom is -0.462 e. The second-order valence-electron chi connectivity index (χ2n) is 2.38. The summed E-state index contributed by atoms with van der Waals surface area (Å²) in [6, 6.07) is 1.07. The summed E-state index contributed by atoms with van der Waals surface area (Å²) in [7, 11) is 0. The Morgan fingerprint density at radius 3 is 2.73 bits per heavy atom. The molecule has 0 N–H and O–H groups in total. The normalized spacial score (nSPS) is 11.2. The summed E-state index contributed by atoms with van der Waals surface area (Å²) in [5.41, 5.74) is 0. The molecular weight excluding hydrogens is 233 g/mol. The number of halogens is 3. The summed E-state index contributed by atoms with van der Waals surface area (Å²) in [6.07, 6.45) is -4.80. The molecule has 1 aromatic rings. The summed E-state index contributed by atoms with van der Waals surface area (Å²) in [4.78, 5) is 11.0. The van der Waals surface area contributed by atoms with E-state index in [-0.39, 0.29) is 11.5 Å². The van der Waals surface area contributed by atoms with E-state index in [4.69, 9.17) is 0 Å². The maximum atomic E-state index is 11.9. The van der Waals surface area contributed by atoms with Crippen LogP contribution < -0.4 is 4.74 Å². The van der Waals surface area contributed by atoms with Crippen LogP contribution in [0.5, 0.6) is 5.75 Å². The van der Waals surface area contributed by atoms with Gasteiger partial charge >= 0.3 is 12.3 Å². The van der Waals surface area contributed by atoms with Gasteiger partial charge in [0.2, 0.25) is 0 Å². The van der Waals surface area contributed by atoms with Crippen LogP contribution in [0.25, 0.3) is 0 Å². The minimum absolute atomic E-state index is 0.0994. The van der Waals surface area contributed by atoms with Gasteiger partial charge in [0.05, 0.1) is 6.61 Å². The maximum absolute atomic E-state index is 11.9. The van der Waals surface area contributed by atoms with Crippen LogP contribution in [-0.2, 0) is 4.74 Å². The third-order valence-electron chi connectivity index (χ3n) is 1.32. The molecule has 0 aliphatic heterocycles. The summed E-state index contributed by atoms with van der Waals surface area (Å²) in [5.74, 6) is -1.34. The van der Waals surface area contributed by atoms with Crippen LogP contribution >= 0.6 is 11.3 Å². The van der Waals surface area contributed by atoms with Gasteiger partial charge in [-0.1, -0.05) is 0 Å². The Kier molecular flexibility index (Phi) is 3.57. The Morgan fingerprint density at radius 1 is 1.53 bits per heavy atom. The number of rotatable bonds is 3. The zero-order valence-electron chi connectivity index (χ0n) is 7.63. The van der Waals surface area contributed by atoms with Crippen LogP contribution in [0.1, 0.15) is 16.6 Å². The molecule has 0 amide bonds. The van der Waals surface area contributed by atoms with Crippen molar-refractivity contribution in [1.82, 2.24) is 0 Å².